The Kier molecular flexibility index (Phi) is 8.09. The Bertz CT molecular complexity index is 721. The van der Waals surface area contributed by atoms with Crippen molar-refractivity contribution in [2.24, 2.45) is 0 Å². The Morgan fingerprint density at radius 1 is 1.14 bits per heavy atom. The molecule has 1 aliphatic carbocycles. The molecular weight excluding hydrogens is 364 g/mol. The van der Waals surface area contributed by atoms with Crippen LogP contribution in [-0.2, 0) is 11.3 Å². The molecule has 0 saturated heterocycles. The van der Waals surface area contributed by atoms with Gasteiger partial charge >= 0.3 is 0 Å². The summed E-state index contributed by atoms with van der Waals surface area (Å²) in [4.78, 5) is 2.29. The van der Waals surface area contributed by atoms with Gasteiger partial charge in [-0.25, -0.2) is 0 Å². The summed E-state index contributed by atoms with van der Waals surface area (Å²) in [6.45, 7) is 7.05. The highest BCUT2D eigenvalue weighted by molar-refractivity contribution is 5.63. The molecule has 1 aromatic carbocycles. The van der Waals surface area contributed by atoms with E-state index in [1.54, 1.807) is 0 Å². The highest BCUT2D eigenvalue weighted by Crippen LogP contribution is 2.28. The molecule has 1 aliphatic rings. The minimum absolute atomic E-state index is 0.287. The number of rotatable bonds is 10. The van der Waals surface area contributed by atoms with Gasteiger partial charge in [-0.3, -0.25) is 5.10 Å². The Balaban J connectivity index is 1.54. The lowest BCUT2D eigenvalue weighted by Crippen LogP contribution is -2.29. The smallest absolute Gasteiger partial charge is 0.119 e. The minimum Gasteiger partial charge on any atom is -0.490 e. The van der Waals surface area contributed by atoms with E-state index in [-0.39, 0.29) is 6.10 Å². The molecule has 2 N–H and O–H groups in total. The molecule has 29 heavy (non-hydrogen) atoms. The molecule has 3 rings (SSSR count). The number of ether oxygens (including phenoxy) is 2. The number of likely N-dealkylation sites (N-methyl/N-ethyl adjacent to an activating group) is 2. The van der Waals surface area contributed by atoms with E-state index in [9.17, 15) is 0 Å². The highest BCUT2D eigenvalue weighted by atomic mass is 16.5. The van der Waals surface area contributed by atoms with Crippen molar-refractivity contribution < 1.29 is 9.47 Å². The van der Waals surface area contributed by atoms with Gasteiger partial charge in [0.15, 0.2) is 0 Å². The monoisotopic (exact) mass is 400 g/mol. The zero-order valence-corrected chi connectivity index (χ0v) is 18.3. The van der Waals surface area contributed by atoms with Crippen LogP contribution in [0.25, 0.3) is 11.3 Å². The average Bonchev–Trinajstić information content (AvgIpc) is 3.16. The average molecular weight is 401 g/mol. The van der Waals surface area contributed by atoms with Crippen molar-refractivity contribution in [2.75, 3.05) is 27.2 Å². The summed E-state index contributed by atoms with van der Waals surface area (Å²) in [6, 6.07) is 8.34. The number of hydrogen-bond acceptors (Lipinski definition) is 5. The second-order valence-electron chi connectivity index (χ2n) is 8.33. The third kappa shape index (κ3) is 6.56. The first-order valence-electron chi connectivity index (χ1n) is 10.8. The lowest BCUT2D eigenvalue weighted by atomic mass is 9.94. The molecule has 160 valence electrons. The van der Waals surface area contributed by atoms with E-state index in [2.05, 4.69) is 65.6 Å². The Morgan fingerprint density at radius 2 is 1.83 bits per heavy atom. The molecule has 1 heterocycles. The van der Waals surface area contributed by atoms with Gasteiger partial charge < -0.3 is 19.7 Å². The number of nitrogens with zero attached hydrogens (tertiary/aromatic N) is 2. The van der Waals surface area contributed by atoms with Gasteiger partial charge in [0.2, 0.25) is 0 Å². The lowest BCUT2D eigenvalue weighted by molar-refractivity contribution is -0.0295. The van der Waals surface area contributed by atoms with Crippen LogP contribution in [-0.4, -0.2) is 60.6 Å². The fourth-order valence-electron chi connectivity index (χ4n) is 3.91. The molecule has 0 radical (unpaired) electrons. The van der Waals surface area contributed by atoms with Gasteiger partial charge in [-0.05, 0) is 77.9 Å². The first kappa shape index (κ1) is 21.8. The predicted molar refractivity (Wildman–Crippen MR) is 117 cm³/mol. The van der Waals surface area contributed by atoms with Gasteiger partial charge in [0.1, 0.15) is 5.75 Å². The summed E-state index contributed by atoms with van der Waals surface area (Å²) >= 11 is 0. The minimum atomic E-state index is 0.287. The topological polar surface area (TPSA) is 62.4 Å². The van der Waals surface area contributed by atoms with Crippen molar-refractivity contribution in [3.63, 3.8) is 0 Å². The largest absolute Gasteiger partial charge is 0.490 e. The van der Waals surface area contributed by atoms with Crippen molar-refractivity contribution in [3.8, 4) is 17.0 Å². The third-order valence-corrected chi connectivity index (χ3v) is 5.42. The van der Waals surface area contributed by atoms with Gasteiger partial charge in [-0.15, -0.1) is 0 Å². The van der Waals surface area contributed by atoms with Crippen LogP contribution in [0.4, 0.5) is 0 Å². The normalized spacial score (nSPS) is 19.8. The number of aromatic amines is 1. The fourth-order valence-corrected chi connectivity index (χ4v) is 3.91. The summed E-state index contributed by atoms with van der Waals surface area (Å²) in [7, 11) is 4.11. The maximum absolute atomic E-state index is 6.22. The molecule has 2 aromatic rings. The molecule has 0 spiro atoms. The molecule has 0 atom stereocenters. The standard InChI is InChI=1S/C23H36N4O2/c1-17(2)28-20-9-11-22(12-10-20)29-21-7-5-18(6-8-21)23-19(15-25-26-23)16-27(4)14-13-24-3/h5-8,15,17,20,22,24H,9-14,16H2,1-4H3,(H,25,26). The number of H-pyrrole nitrogens is 1. The quantitative estimate of drug-likeness (QED) is 0.634. The number of aromatic nitrogens is 2. The predicted octanol–water partition coefficient (Wildman–Crippen LogP) is 3.84. The van der Waals surface area contributed by atoms with E-state index < -0.39 is 0 Å². The zero-order valence-electron chi connectivity index (χ0n) is 18.3. The molecular formula is C23H36N4O2. The van der Waals surface area contributed by atoms with E-state index in [4.69, 9.17) is 9.47 Å². The van der Waals surface area contributed by atoms with Crippen molar-refractivity contribution in [3.05, 3.63) is 36.0 Å². The Hall–Kier alpha value is -1.89. The summed E-state index contributed by atoms with van der Waals surface area (Å²) in [5, 5.41) is 10.7. The van der Waals surface area contributed by atoms with E-state index in [0.717, 1.165) is 62.3 Å². The molecule has 0 amide bonds. The van der Waals surface area contributed by atoms with Crippen LogP contribution in [0, 0.1) is 0 Å². The lowest BCUT2D eigenvalue weighted by Gasteiger charge is -2.30. The second kappa shape index (κ2) is 10.8. The second-order valence-corrected chi connectivity index (χ2v) is 8.33. The molecule has 0 unspecified atom stereocenters. The van der Waals surface area contributed by atoms with Crippen molar-refractivity contribution >= 4 is 0 Å². The van der Waals surface area contributed by atoms with Crippen LogP contribution in [0.3, 0.4) is 0 Å². The van der Waals surface area contributed by atoms with Gasteiger partial charge in [-0.2, -0.15) is 5.10 Å². The molecule has 6 heteroatoms. The number of benzene rings is 1. The maximum atomic E-state index is 6.22. The molecule has 1 fully saturated rings. The fraction of sp³-hybridized carbons (Fsp3) is 0.609. The van der Waals surface area contributed by atoms with Crippen molar-refractivity contribution in [2.45, 2.75) is 64.4 Å². The molecule has 0 bridgehead atoms. The SMILES string of the molecule is CNCCN(C)Cc1c[nH]nc1-c1ccc(OC2CCC(OC(C)C)CC2)cc1. The van der Waals surface area contributed by atoms with Gasteiger partial charge in [-0.1, -0.05) is 0 Å². The summed E-state index contributed by atoms with van der Waals surface area (Å²) in [5.41, 5.74) is 3.34. The third-order valence-electron chi connectivity index (χ3n) is 5.42. The van der Waals surface area contributed by atoms with Crippen molar-refractivity contribution in [1.29, 1.82) is 0 Å². The van der Waals surface area contributed by atoms with Crippen LogP contribution in [0.2, 0.25) is 0 Å². The van der Waals surface area contributed by atoms with Crippen LogP contribution < -0.4 is 10.1 Å². The van der Waals surface area contributed by atoms with E-state index >= 15 is 0 Å². The van der Waals surface area contributed by atoms with Crippen molar-refractivity contribution in [1.82, 2.24) is 20.4 Å². The van der Waals surface area contributed by atoms with Gasteiger partial charge in [0, 0.05) is 37.0 Å². The van der Waals surface area contributed by atoms with E-state index in [0.29, 0.717) is 12.2 Å². The highest BCUT2D eigenvalue weighted by Gasteiger charge is 2.23. The summed E-state index contributed by atoms with van der Waals surface area (Å²) in [5.74, 6) is 0.935. The van der Waals surface area contributed by atoms with Crippen LogP contribution in [0.1, 0.15) is 45.1 Å². The summed E-state index contributed by atoms with van der Waals surface area (Å²) in [6.07, 6.45) is 7.25. The van der Waals surface area contributed by atoms with E-state index in [1.165, 1.54) is 5.56 Å². The molecule has 6 nitrogen and oxygen atoms in total. The molecule has 0 aliphatic heterocycles. The number of nitrogens with one attached hydrogen (secondary N) is 2. The Morgan fingerprint density at radius 3 is 2.48 bits per heavy atom. The summed E-state index contributed by atoms with van der Waals surface area (Å²) < 4.78 is 12.2. The van der Waals surface area contributed by atoms with Gasteiger partial charge in [0.25, 0.3) is 0 Å². The van der Waals surface area contributed by atoms with Crippen LogP contribution in [0.5, 0.6) is 5.75 Å². The maximum Gasteiger partial charge on any atom is 0.119 e. The molecule has 1 saturated carbocycles. The molecule has 1 aromatic heterocycles. The van der Waals surface area contributed by atoms with Crippen LogP contribution in [0.15, 0.2) is 30.5 Å². The zero-order chi connectivity index (χ0) is 20.6. The Labute approximate surface area is 175 Å². The first-order chi connectivity index (χ1) is 14.0. The van der Waals surface area contributed by atoms with Crippen LogP contribution >= 0.6 is 0 Å². The van der Waals surface area contributed by atoms with Gasteiger partial charge in [0.05, 0.1) is 24.0 Å². The number of hydrogen-bond donors (Lipinski definition) is 2. The first-order valence-corrected chi connectivity index (χ1v) is 10.8. The van der Waals surface area contributed by atoms with E-state index in [1.807, 2.05) is 13.2 Å².